The van der Waals surface area contributed by atoms with E-state index >= 15 is 0 Å². The number of carbonyl (C=O) groups excluding carboxylic acids is 1. The van der Waals surface area contributed by atoms with E-state index in [1.807, 2.05) is 39.8 Å². The van der Waals surface area contributed by atoms with E-state index in [0.29, 0.717) is 6.42 Å². The van der Waals surface area contributed by atoms with Crippen LogP contribution in [0.1, 0.15) is 51.3 Å². The predicted octanol–water partition coefficient (Wildman–Crippen LogP) is 2.94. The first kappa shape index (κ1) is 15.7. The van der Waals surface area contributed by atoms with Gasteiger partial charge in [0.1, 0.15) is 0 Å². The largest absolute Gasteiger partial charge is 0.350 e. The summed E-state index contributed by atoms with van der Waals surface area (Å²) in [4.78, 5) is 12.0. The molecule has 0 aliphatic carbocycles. The highest BCUT2D eigenvalue weighted by atomic mass is 16.1. The molecular weight excluding hydrogens is 236 g/mol. The third-order valence-electron chi connectivity index (χ3n) is 3.47. The number of benzene rings is 1. The lowest BCUT2D eigenvalue weighted by Crippen LogP contribution is -2.40. The van der Waals surface area contributed by atoms with Gasteiger partial charge in [-0.25, -0.2) is 0 Å². The molecule has 0 aliphatic rings. The Labute approximate surface area is 116 Å². The second-order valence-electron chi connectivity index (χ2n) is 6.38. The standard InChI is InChI=1S/C16H26N2O/c1-11-6-8-13(9-7-11)12(2)18-15(19)10-14(17)16(3,4)5/h6-9,12,14H,10,17H2,1-5H3,(H,18,19)/t12-,14?/m1/s1. The van der Waals surface area contributed by atoms with Gasteiger partial charge in [-0.05, 0) is 24.8 Å². The Bertz CT molecular complexity index is 417. The van der Waals surface area contributed by atoms with Crippen molar-refractivity contribution in [3.05, 3.63) is 35.4 Å². The number of amides is 1. The van der Waals surface area contributed by atoms with Gasteiger partial charge in [-0.1, -0.05) is 50.6 Å². The molecule has 1 rings (SSSR count). The molecule has 0 saturated heterocycles. The van der Waals surface area contributed by atoms with E-state index in [2.05, 4.69) is 24.4 Å². The lowest BCUT2D eigenvalue weighted by Gasteiger charge is -2.27. The van der Waals surface area contributed by atoms with Crippen LogP contribution < -0.4 is 11.1 Å². The molecule has 3 N–H and O–H groups in total. The summed E-state index contributed by atoms with van der Waals surface area (Å²) in [6.45, 7) is 10.2. The molecule has 3 nitrogen and oxygen atoms in total. The summed E-state index contributed by atoms with van der Waals surface area (Å²) in [5.74, 6) is 0.00972. The SMILES string of the molecule is Cc1ccc([C@@H](C)NC(=O)CC(N)C(C)(C)C)cc1. The molecule has 0 spiro atoms. The first-order chi connectivity index (χ1) is 8.70. The van der Waals surface area contributed by atoms with Gasteiger partial charge in [-0.15, -0.1) is 0 Å². The highest BCUT2D eigenvalue weighted by Gasteiger charge is 2.23. The first-order valence-corrected chi connectivity index (χ1v) is 6.81. The van der Waals surface area contributed by atoms with Crippen molar-refractivity contribution in [2.75, 3.05) is 0 Å². The average Bonchev–Trinajstić information content (AvgIpc) is 2.28. The Morgan fingerprint density at radius 2 is 1.79 bits per heavy atom. The minimum absolute atomic E-state index is 0.00972. The van der Waals surface area contributed by atoms with Gasteiger partial charge in [0, 0.05) is 12.5 Å². The van der Waals surface area contributed by atoms with Crippen molar-refractivity contribution in [2.24, 2.45) is 11.1 Å². The van der Waals surface area contributed by atoms with Crippen molar-refractivity contribution < 1.29 is 4.79 Å². The van der Waals surface area contributed by atoms with Crippen molar-refractivity contribution in [2.45, 2.75) is 53.1 Å². The molecule has 3 heteroatoms. The van der Waals surface area contributed by atoms with Crippen LogP contribution in [0.25, 0.3) is 0 Å². The maximum absolute atomic E-state index is 12.0. The van der Waals surface area contributed by atoms with Crippen LogP contribution >= 0.6 is 0 Å². The maximum Gasteiger partial charge on any atom is 0.222 e. The van der Waals surface area contributed by atoms with Crippen molar-refractivity contribution in [3.63, 3.8) is 0 Å². The van der Waals surface area contributed by atoms with Gasteiger partial charge >= 0.3 is 0 Å². The molecule has 0 radical (unpaired) electrons. The van der Waals surface area contributed by atoms with E-state index in [9.17, 15) is 4.79 Å². The normalized spacial score (nSPS) is 14.8. The quantitative estimate of drug-likeness (QED) is 0.876. The van der Waals surface area contributed by atoms with E-state index in [-0.39, 0.29) is 23.4 Å². The zero-order valence-corrected chi connectivity index (χ0v) is 12.7. The van der Waals surface area contributed by atoms with Gasteiger partial charge in [0.05, 0.1) is 6.04 Å². The molecule has 0 heterocycles. The summed E-state index contributed by atoms with van der Waals surface area (Å²) < 4.78 is 0. The van der Waals surface area contributed by atoms with E-state index in [0.717, 1.165) is 5.56 Å². The Balaban J connectivity index is 2.55. The zero-order chi connectivity index (χ0) is 14.6. The number of aryl methyl sites for hydroxylation is 1. The monoisotopic (exact) mass is 262 g/mol. The predicted molar refractivity (Wildman–Crippen MR) is 79.8 cm³/mol. The number of nitrogens with two attached hydrogens (primary N) is 1. The minimum Gasteiger partial charge on any atom is -0.350 e. The second kappa shape index (κ2) is 6.20. The maximum atomic E-state index is 12.0. The molecule has 0 fully saturated rings. The minimum atomic E-state index is -0.127. The fraction of sp³-hybridized carbons (Fsp3) is 0.562. The average molecular weight is 262 g/mol. The second-order valence-corrected chi connectivity index (χ2v) is 6.38. The van der Waals surface area contributed by atoms with Gasteiger partial charge in [0.2, 0.25) is 5.91 Å². The Morgan fingerprint density at radius 1 is 1.26 bits per heavy atom. The number of nitrogens with one attached hydrogen (secondary N) is 1. The van der Waals surface area contributed by atoms with E-state index in [1.165, 1.54) is 5.56 Å². The van der Waals surface area contributed by atoms with Gasteiger partial charge in [-0.2, -0.15) is 0 Å². The highest BCUT2D eigenvalue weighted by Crippen LogP contribution is 2.20. The Hall–Kier alpha value is -1.35. The lowest BCUT2D eigenvalue weighted by molar-refractivity contribution is -0.122. The van der Waals surface area contributed by atoms with Crippen LogP contribution in [-0.2, 0) is 4.79 Å². The molecule has 0 aromatic heterocycles. The summed E-state index contributed by atoms with van der Waals surface area (Å²) in [6, 6.07) is 8.09. The fourth-order valence-electron chi connectivity index (χ4n) is 1.74. The molecule has 0 saturated carbocycles. The number of carbonyl (C=O) groups is 1. The summed E-state index contributed by atoms with van der Waals surface area (Å²) >= 11 is 0. The topological polar surface area (TPSA) is 55.1 Å². The summed E-state index contributed by atoms with van der Waals surface area (Å²) in [7, 11) is 0. The third kappa shape index (κ3) is 5.03. The Kier molecular flexibility index (Phi) is 5.12. The van der Waals surface area contributed by atoms with Gasteiger partial charge in [-0.3, -0.25) is 4.79 Å². The summed E-state index contributed by atoms with van der Waals surface area (Å²) in [5, 5.41) is 3.00. The summed E-state index contributed by atoms with van der Waals surface area (Å²) in [5.41, 5.74) is 8.31. The van der Waals surface area contributed by atoms with Crippen LogP contribution in [0.15, 0.2) is 24.3 Å². The molecule has 19 heavy (non-hydrogen) atoms. The number of rotatable bonds is 4. The van der Waals surface area contributed by atoms with Crippen LogP contribution in [0.3, 0.4) is 0 Å². The Morgan fingerprint density at radius 3 is 2.26 bits per heavy atom. The molecule has 1 aromatic rings. The smallest absolute Gasteiger partial charge is 0.222 e. The third-order valence-corrected chi connectivity index (χ3v) is 3.47. The highest BCUT2D eigenvalue weighted by molar-refractivity contribution is 5.77. The van der Waals surface area contributed by atoms with Gasteiger partial charge < -0.3 is 11.1 Å². The molecule has 1 aromatic carbocycles. The fourth-order valence-corrected chi connectivity index (χ4v) is 1.74. The van der Waals surface area contributed by atoms with Crippen LogP contribution in [0.5, 0.6) is 0 Å². The van der Waals surface area contributed by atoms with Crippen molar-refractivity contribution >= 4 is 5.91 Å². The molecule has 106 valence electrons. The molecule has 0 aliphatic heterocycles. The first-order valence-electron chi connectivity index (χ1n) is 6.81. The van der Waals surface area contributed by atoms with Crippen LogP contribution in [0, 0.1) is 12.3 Å². The summed E-state index contributed by atoms with van der Waals surface area (Å²) in [6.07, 6.45) is 0.361. The van der Waals surface area contributed by atoms with Crippen molar-refractivity contribution in [1.82, 2.24) is 5.32 Å². The van der Waals surface area contributed by atoms with E-state index in [4.69, 9.17) is 5.73 Å². The molecule has 0 bridgehead atoms. The van der Waals surface area contributed by atoms with Gasteiger partial charge in [0.25, 0.3) is 0 Å². The van der Waals surface area contributed by atoms with Crippen molar-refractivity contribution in [3.8, 4) is 0 Å². The zero-order valence-electron chi connectivity index (χ0n) is 12.7. The van der Waals surface area contributed by atoms with E-state index in [1.54, 1.807) is 0 Å². The van der Waals surface area contributed by atoms with Crippen LogP contribution in [0.4, 0.5) is 0 Å². The van der Waals surface area contributed by atoms with Crippen LogP contribution in [-0.4, -0.2) is 11.9 Å². The molecule has 2 atom stereocenters. The number of hydrogen-bond acceptors (Lipinski definition) is 2. The van der Waals surface area contributed by atoms with Gasteiger partial charge in [0.15, 0.2) is 0 Å². The van der Waals surface area contributed by atoms with E-state index < -0.39 is 0 Å². The lowest BCUT2D eigenvalue weighted by atomic mass is 9.85. The molecular formula is C16H26N2O. The molecule has 1 unspecified atom stereocenters. The molecule has 1 amide bonds. The van der Waals surface area contributed by atoms with Crippen molar-refractivity contribution in [1.29, 1.82) is 0 Å². The van der Waals surface area contributed by atoms with Crippen LogP contribution in [0.2, 0.25) is 0 Å². The number of hydrogen-bond donors (Lipinski definition) is 2.